The van der Waals surface area contributed by atoms with Crippen molar-refractivity contribution >= 4 is 5.82 Å². The van der Waals surface area contributed by atoms with Crippen LogP contribution in [0.3, 0.4) is 0 Å². The van der Waals surface area contributed by atoms with Crippen molar-refractivity contribution in [2.75, 3.05) is 31.6 Å². The van der Waals surface area contributed by atoms with Gasteiger partial charge in [-0.15, -0.1) is 0 Å². The predicted molar refractivity (Wildman–Crippen MR) is 89.9 cm³/mol. The van der Waals surface area contributed by atoms with Crippen molar-refractivity contribution in [2.24, 2.45) is 0 Å². The van der Waals surface area contributed by atoms with E-state index in [4.69, 9.17) is 4.98 Å². The molecule has 0 amide bonds. The molecule has 21 heavy (non-hydrogen) atoms. The maximum Gasteiger partial charge on any atom is 0.129 e. The molecule has 1 unspecified atom stereocenters. The second-order valence-electron chi connectivity index (χ2n) is 6.50. The standard InChI is InChI=1S/C17H30N4/c1-6-16-12-21(8-7-20(16)5)17-10-15(9-14(4)19-17)11-18-13(2)3/h9-10,13,16,18H,6-8,11-12H2,1-5H3. The van der Waals surface area contributed by atoms with Gasteiger partial charge in [0.2, 0.25) is 0 Å². The number of nitrogens with zero attached hydrogens (tertiary/aromatic N) is 3. The maximum atomic E-state index is 4.76. The lowest BCUT2D eigenvalue weighted by atomic mass is 10.1. The van der Waals surface area contributed by atoms with Gasteiger partial charge in [0, 0.05) is 44.0 Å². The van der Waals surface area contributed by atoms with E-state index in [1.807, 2.05) is 0 Å². The number of pyridine rings is 1. The Kier molecular flexibility index (Phi) is 5.59. The van der Waals surface area contributed by atoms with E-state index in [1.54, 1.807) is 0 Å². The summed E-state index contributed by atoms with van der Waals surface area (Å²) in [5, 5.41) is 3.49. The van der Waals surface area contributed by atoms with Crippen molar-refractivity contribution in [1.29, 1.82) is 0 Å². The summed E-state index contributed by atoms with van der Waals surface area (Å²) in [7, 11) is 2.23. The number of aryl methyl sites for hydroxylation is 1. The molecule has 118 valence electrons. The molecular formula is C17H30N4. The molecule has 0 radical (unpaired) electrons. The second kappa shape index (κ2) is 7.23. The van der Waals surface area contributed by atoms with Crippen LogP contribution < -0.4 is 10.2 Å². The van der Waals surface area contributed by atoms with Crippen LogP contribution in [-0.4, -0.2) is 48.6 Å². The monoisotopic (exact) mass is 290 g/mol. The van der Waals surface area contributed by atoms with E-state index in [9.17, 15) is 0 Å². The lowest BCUT2D eigenvalue weighted by Gasteiger charge is -2.40. The Morgan fingerprint density at radius 2 is 2.10 bits per heavy atom. The third-order valence-corrected chi connectivity index (χ3v) is 4.29. The highest BCUT2D eigenvalue weighted by Crippen LogP contribution is 2.20. The third kappa shape index (κ3) is 4.42. The second-order valence-corrected chi connectivity index (χ2v) is 6.50. The Morgan fingerprint density at radius 3 is 2.76 bits per heavy atom. The Hall–Kier alpha value is -1.13. The Labute approximate surface area is 129 Å². The molecule has 1 aromatic rings. The van der Waals surface area contributed by atoms with Crippen molar-refractivity contribution < 1.29 is 0 Å². The summed E-state index contributed by atoms with van der Waals surface area (Å²) in [6.07, 6.45) is 1.20. The minimum absolute atomic E-state index is 0.509. The predicted octanol–water partition coefficient (Wildman–Crippen LogP) is 2.42. The van der Waals surface area contributed by atoms with Crippen molar-refractivity contribution in [3.8, 4) is 0 Å². The lowest BCUT2D eigenvalue weighted by Crippen LogP contribution is -2.51. The van der Waals surface area contributed by atoms with Crippen LogP contribution in [0.15, 0.2) is 12.1 Å². The highest BCUT2D eigenvalue weighted by Gasteiger charge is 2.23. The first-order chi connectivity index (χ1) is 9.99. The van der Waals surface area contributed by atoms with E-state index in [1.165, 1.54) is 12.0 Å². The Bertz CT molecular complexity index is 458. The molecule has 0 spiro atoms. The summed E-state index contributed by atoms with van der Waals surface area (Å²) in [4.78, 5) is 9.67. The fraction of sp³-hybridized carbons (Fsp3) is 0.706. The van der Waals surface area contributed by atoms with Crippen LogP contribution in [0.4, 0.5) is 5.82 Å². The van der Waals surface area contributed by atoms with Crippen LogP contribution in [0.1, 0.15) is 38.4 Å². The average Bonchev–Trinajstić information content (AvgIpc) is 2.45. The zero-order chi connectivity index (χ0) is 15.4. The summed E-state index contributed by atoms with van der Waals surface area (Å²) >= 11 is 0. The molecule has 0 saturated carbocycles. The smallest absolute Gasteiger partial charge is 0.129 e. The van der Waals surface area contributed by atoms with Crippen LogP contribution in [0.5, 0.6) is 0 Å². The minimum atomic E-state index is 0.509. The van der Waals surface area contributed by atoms with E-state index < -0.39 is 0 Å². The van der Waals surface area contributed by atoms with Gasteiger partial charge in [0.15, 0.2) is 0 Å². The van der Waals surface area contributed by atoms with E-state index in [0.29, 0.717) is 12.1 Å². The van der Waals surface area contributed by atoms with Gasteiger partial charge >= 0.3 is 0 Å². The molecule has 1 aliphatic rings. The molecule has 1 saturated heterocycles. The van der Waals surface area contributed by atoms with Gasteiger partial charge in [-0.25, -0.2) is 4.98 Å². The molecule has 0 aliphatic carbocycles. The summed E-state index contributed by atoms with van der Waals surface area (Å²) < 4.78 is 0. The van der Waals surface area contributed by atoms with E-state index in [-0.39, 0.29) is 0 Å². The molecule has 0 bridgehead atoms. The zero-order valence-corrected chi connectivity index (χ0v) is 14.2. The van der Waals surface area contributed by atoms with Gasteiger partial charge < -0.3 is 10.2 Å². The van der Waals surface area contributed by atoms with Crippen LogP contribution in [0.25, 0.3) is 0 Å². The van der Waals surface area contributed by atoms with Gasteiger partial charge in [-0.05, 0) is 38.1 Å². The van der Waals surface area contributed by atoms with Gasteiger partial charge in [0.25, 0.3) is 0 Å². The Balaban J connectivity index is 2.11. The average molecular weight is 290 g/mol. The van der Waals surface area contributed by atoms with Gasteiger partial charge in [0.05, 0.1) is 0 Å². The zero-order valence-electron chi connectivity index (χ0n) is 14.2. The van der Waals surface area contributed by atoms with Crippen LogP contribution in [0.2, 0.25) is 0 Å². The molecule has 4 heteroatoms. The van der Waals surface area contributed by atoms with E-state index >= 15 is 0 Å². The third-order valence-electron chi connectivity index (χ3n) is 4.29. The van der Waals surface area contributed by atoms with Crippen molar-refractivity contribution in [3.05, 3.63) is 23.4 Å². The first-order valence-electron chi connectivity index (χ1n) is 8.15. The van der Waals surface area contributed by atoms with Crippen LogP contribution in [-0.2, 0) is 6.54 Å². The molecular weight excluding hydrogens is 260 g/mol. The van der Waals surface area contributed by atoms with Gasteiger partial charge in [-0.1, -0.05) is 20.8 Å². The number of anilines is 1. The maximum absolute atomic E-state index is 4.76. The molecule has 2 heterocycles. The SMILES string of the molecule is CCC1CN(c2cc(CNC(C)C)cc(C)n2)CCN1C. The fourth-order valence-corrected chi connectivity index (χ4v) is 2.90. The molecule has 2 rings (SSSR count). The molecule has 1 atom stereocenters. The van der Waals surface area contributed by atoms with E-state index in [2.05, 4.69) is 62.0 Å². The first-order valence-corrected chi connectivity index (χ1v) is 8.15. The fourth-order valence-electron chi connectivity index (χ4n) is 2.90. The van der Waals surface area contributed by atoms with E-state index in [0.717, 1.165) is 37.7 Å². The topological polar surface area (TPSA) is 31.4 Å². The summed E-state index contributed by atoms with van der Waals surface area (Å²) in [5.74, 6) is 1.14. The normalized spacial score (nSPS) is 20.3. The van der Waals surface area contributed by atoms with Gasteiger partial charge in [-0.2, -0.15) is 0 Å². The summed E-state index contributed by atoms with van der Waals surface area (Å²) in [6, 6.07) is 5.58. The minimum Gasteiger partial charge on any atom is -0.354 e. The van der Waals surface area contributed by atoms with Crippen molar-refractivity contribution in [2.45, 2.75) is 52.7 Å². The number of hydrogen-bond acceptors (Lipinski definition) is 4. The van der Waals surface area contributed by atoms with Crippen molar-refractivity contribution in [3.63, 3.8) is 0 Å². The molecule has 1 aromatic heterocycles. The number of rotatable bonds is 5. The van der Waals surface area contributed by atoms with Gasteiger partial charge in [-0.3, -0.25) is 4.90 Å². The molecule has 4 nitrogen and oxygen atoms in total. The number of hydrogen-bond donors (Lipinski definition) is 1. The molecule has 1 fully saturated rings. The lowest BCUT2D eigenvalue weighted by molar-refractivity contribution is 0.213. The molecule has 0 aromatic carbocycles. The summed E-state index contributed by atoms with van der Waals surface area (Å²) in [6.45, 7) is 12.9. The number of likely N-dealkylation sites (N-methyl/N-ethyl adjacent to an activating group) is 1. The highest BCUT2D eigenvalue weighted by molar-refractivity contribution is 5.43. The van der Waals surface area contributed by atoms with Crippen molar-refractivity contribution in [1.82, 2.24) is 15.2 Å². The first kappa shape index (κ1) is 16.2. The molecule has 1 aliphatic heterocycles. The van der Waals surface area contributed by atoms with Crippen LogP contribution in [0, 0.1) is 6.92 Å². The number of nitrogens with one attached hydrogen (secondary N) is 1. The number of piperazine rings is 1. The number of aromatic nitrogens is 1. The molecule has 1 N–H and O–H groups in total. The Morgan fingerprint density at radius 1 is 1.33 bits per heavy atom. The highest BCUT2D eigenvalue weighted by atomic mass is 15.3. The quantitative estimate of drug-likeness (QED) is 0.902. The summed E-state index contributed by atoms with van der Waals surface area (Å²) in [5.41, 5.74) is 2.44. The van der Waals surface area contributed by atoms with Gasteiger partial charge in [0.1, 0.15) is 5.82 Å². The van der Waals surface area contributed by atoms with Crippen LogP contribution >= 0.6 is 0 Å². The largest absolute Gasteiger partial charge is 0.354 e.